The molecule has 22 heavy (non-hydrogen) atoms. The number of morpholine rings is 1. The molecular formula is C15H21N3O4. The number of rotatable bonds is 4. The van der Waals surface area contributed by atoms with Crippen molar-refractivity contribution in [2.24, 2.45) is 12.5 Å². The molecule has 1 atom stereocenters. The average molecular weight is 307 g/mol. The van der Waals surface area contributed by atoms with Gasteiger partial charge in [-0.15, -0.1) is 0 Å². The summed E-state index contributed by atoms with van der Waals surface area (Å²) < 4.78 is 7.41. The number of ether oxygens (including phenoxy) is 1. The van der Waals surface area contributed by atoms with E-state index < -0.39 is 11.4 Å². The number of aliphatic carboxylic acids is 1. The zero-order valence-electron chi connectivity index (χ0n) is 12.7. The van der Waals surface area contributed by atoms with Crippen LogP contribution in [0.25, 0.3) is 0 Å². The van der Waals surface area contributed by atoms with E-state index in [1.165, 1.54) is 0 Å². The van der Waals surface area contributed by atoms with Gasteiger partial charge in [-0.25, -0.2) is 0 Å². The molecule has 3 rings (SSSR count). The maximum atomic E-state index is 12.5. The first-order valence-corrected chi connectivity index (χ1v) is 7.61. The summed E-state index contributed by atoms with van der Waals surface area (Å²) in [6.45, 7) is 1.44. The van der Waals surface area contributed by atoms with Gasteiger partial charge in [0.1, 0.15) is 6.10 Å². The van der Waals surface area contributed by atoms with E-state index in [2.05, 4.69) is 5.10 Å². The SMILES string of the molecule is Cn1cc(C2CN(C(=O)CC3(C(=O)O)CCC3)CCO2)cn1. The molecule has 1 amide bonds. The van der Waals surface area contributed by atoms with Gasteiger partial charge in [-0.3, -0.25) is 14.3 Å². The fourth-order valence-electron chi connectivity index (χ4n) is 3.15. The Morgan fingerprint density at radius 2 is 2.27 bits per heavy atom. The standard InChI is InChI=1S/C15H21N3O4/c1-17-9-11(8-16-17)12-10-18(5-6-22-12)13(19)7-15(14(20)21)3-2-4-15/h8-9,12H,2-7,10H2,1H3,(H,20,21). The topological polar surface area (TPSA) is 84.7 Å². The first-order chi connectivity index (χ1) is 10.5. The lowest BCUT2D eigenvalue weighted by Gasteiger charge is -2.40. The van der Waals surface area contributed by atoms with Crippen LogP contribution in [0.5, 0.6) is 0 Å². The molecule has 1 N–H and O–H groups in total. The van der Waals surface area contributed by atoms with Crippen LogP contribution in [-0.2, 0) is 21.4 Å². The number of carboxylic acids is 1. The van der Waals surface area contributed by atoms with E-state index in [-0.39, 0.29) is 18.4 Å². The number of carboxylic acid groups (broad SMARTS) is 1. The van der Waals surface area contributed by atoms with E-state index in [1.807, 2.05) is 13.2 Å². The molecule has 2 heterocycles. The number of carbonyl (C=O) groups is 2. The predicted molar refractivity (Wildman–Crippen MR) is 77.0 cm³/mol. The fourth-order valence-corrected chi connectivity index (χ4v) is 3.15. The summed E-state index contributed by atoms with van der Waals surface area (Å²) in [7, 11) is 1.84. The first-order valence-electron chi connectivity index (χ1n) is 7.61. The lowest BCUT2D eigenvalue weighted by molar-refractivity contribution is -0.161. The van der Waals surface area contributed by atoms with Crippen molar-refractivity contribution in [2.75, 3.05) is 19.7 Å². The van der Waals surface area contributed by atoms with Gasteiger partial charge < -0.3 is 14.7 Å². The molecule has 0 bridgehead atoms. The molecule has 1 saturated carbocycles. The van der Waals surface area contributed by atoms with Crippen molar-refractivity contribution < 1.29 is 19.4 Å². The Labute approximate surface area is 128 Å². The molecule has 1 aromatic heterocycles. The van der Waals surface area contributed by atoms with E-state index in [0.29, 0.717) is 32.5 Å². The molecule has 1 unspecified atom stereocenters. The Hall–Kier alpha value is -1.89. The summed E-state index contributed by atoms with van der Waals surface area (Å²) in [6, 6.07) is 0. The maximum Gasteiger partial charge on any atom is 0.310 e. The van der Waals surface area contributed by atoms with Crippen LogP contribution in [0.4, 0.5) is 0 Å². The minimum atomic E-state index is -0.843. The highest BCUT2D eigenvalue weighted by Gasteiger charge is 2.46. The van der Waals surface area contributed by atoms with Crippen LogP contribution < -0.4 is 0 Å². The second-order valence-corrected chi connectivity index (χ2v) is 6.26. The van der Waals surface area contributed by atoms with Crippen molar-refractivity contribution in [2.45, 2.75) is 31.8 Å². The lowest BCUT2D eigenvalue weighted by atomic mass is 9.66. The molecule has 0 radical (unpaired) electrons. The molecule has 1 aromatic rings. The first kappa shape index (κ1) is 15.0. The van der Waals surface area contributed by atoms with E-state index in [1.54, 1.807) is 15.8 Å². The van der Waals surface area contributed by atoms with Crippen LogP contribution in [0.1, 0.15) is 37.4 Å². The third-order valence-electron chi connectivity index (χ3n) is 4.77. The van der Waals surface area contributed by atoms with Gasteiger partial charge in [0.2, 0.25) is 5.91 Å². The Bertz CT molecular complexity index is 579. The van der Waals surface area contributed by atoms with E-state index in [9.17, 15) is 14.7 Å². The number of aryl methyl sites for hydroxylation is 1. The number of hydrogen-bond donors (Lipinski definition) is 1. The molecule has 2 aliphatic rings. The molecule has 0 spiro atoms. The Morgan fingerprint density at radius 3 is 2.82 bits per heavy atom. The van der Waals surface area contributed by atoms with Gasteiger partial charge in [-0.1, -0.05) is 6.42 Å². The van der Waals surface area contributed by atoms with Crippen LogP contribution in [0.15, 0.2) is 12.4 Å². The molecule has 2 fully saturated rings. The molecule has 7 heteroatoms. The predicted octanol–water partition coefficient (Wildman–Crippen LogP) is 0.965. The second kappa shape index (κ2) is 5.72. The van der Waals surface area contributed by atoms with Crippen molar-refractivity contribution in [3.8, 4) is 0 Å². The smallest absolute Gasteiger partial charge is 0.310 e. The van der Waals surface area contributed by atoms with Crippen LogP contribution >= 0.6 is 0 Å². The minimum absolute atomic E-state index is 0.0840. The highest BCUT2D eigenvalue weighted by molar-refractivity contribution is 5.85. The highest BCUT2D eigenvalue weighted by Crippen LogP contribution is 2.44. The number of aromatic nitrogens is 2. The maximum absolute atomic E-state index is 12.5. The number of amides is 1. The quantitative estimate of drug-likeness (QED) is 0.896. The second-order valence-electron chi connectivity index (χ2n) is 6.26. The third kappa shape index (κ3) is 2.72. The molecule has 0 aromatic carbocycles. The summed E-state index contributed by atoms with van der Waals surface area (Å²) in [5, 5.41) is 13.5. The normalized spacial score (nSPS) is 23.9. The van der Waals surface area contributed by atoms with Gasteiger partial charge in [0.05, 0.1) is 24.8 Å². The van der Waals surface area contributed by atoms with Crippen molar-refractivity contribution in [3.05, 3.63) is 18.0 Å². The Morgan fingerprint density at radius 1 is 1.50 bits per heavy atom. The van der Waals surface area contributed by atoms with Crippen molar-refractivity contribution in [1.82, 2.24) is 14.7 Å². The number of nitrogens with zero attached hydrogens (tertiary/aromatic N) is 3. The molecule has 120 valence electrons. The summed E-state index contributed by atoms with van der Waals surface area (Å²) in [5.74, 6) is -0.927. The summed E-state index contributed by atoms with van der Waals surface area (Å²) in [4.78, 5) is 25.6. The Kier molecular flexibility index (Phi) is 3.90. The van der Waals surface area contributed by atoms with E-state index >= 15 is 0 Å². The zero-order valence-corrected chi connectivity index (χ0v) is 12.7. The van der Waals surface area contributed by atoms with Gasteiger partial charge in [-0.05, 0) is 12.8 Å². The number of carbonyl (C=O) groups excluding carboxylic acids is 1. The van der Waals surface area contributed by atoms with Gasteiger partial charge >= 0.3 is 5.97 Å². The number of hydrogen-bond acceptors (Lipinski definition) is 4. The van der Waals surface area contributed by atoms with E-state index in [4.69, 9.17) is 4.74 Å². The van der Waals surface area contributed by atoms with Crippen molar-refractivity contribution >= 4 is 11.9 Å². The Balaban J connectivity index is 1.64. The van der Waals surface area contributed by atoms with Crippen molar-refractivity contribution in [3.63, 3.8) is 0 Å². The largest absolute Gasteiger partial charge is 0.481 e. The van der Waals surface area contributed by atoms with Gasteiger partial charge in [0.25, 0.3) is 0 Å². The summed E-state index contributed by atoms with van der Waals surface area (Å²) >= 11 is 0. The molecule has 1 aliphatic heterocycles. The van der Waals surface area contributed by atoms with Crippen LogP contribution in [0.3, 0.4) is 0 Å². The average Bonchev–Trinajstić information content (AvgIpc) is 2.89. The van der Waals surface area contributed by atoms with Crippen LogP contribution in [-0.4, -0.2) is 51.4 Å². The molecule has 7 nitrogen and oxygen atoms in total. The third-order valence-corrected chi connectivity index (χ3v) is 4.77. The zero-order chi connectivity index (χ0) is 15.7. The van der Waals surface area contributed by atoms with Crippen LogP contribution in [0.2, 0.25) is 0 Å². The minimum Gasteiger partial charge on any atom is -0.481 e. The van der Waals surface area contributed by atoms with E-state index in [0.717, 1.165) is 12.0 Å². The van der Waals surface area contributed by atoms with Crippen molar-refractivity contribution in [1.29, 1.82) is 0 Å². The highest BCUT2D eigenvalue weighted by atomic mass is 16.5. The lowest BCUT2D eigenvalue weighted by Crippen LogP contribution is -2.47. The molecule has 1 aliphatic carbocycles. The summed E-state index contributed by atoms with van der Waals surface area (Å²) in [6.07, 6.45) is 5.62. The fraction of sp³-hybridized carbons (Fsp3) is 0.667. The molecule has 1 saturated heterocycles. The van der Waals surface area contributed by atoms with Gasteiger partial charge in [0.15, 0.2) is 0 Å². The van der Waals surface area contributed by atoms with Crippen LogP contribution in [0, 0.1) is 5.41 Å². The molecular weight excluding hydrogens is 286 g/mol. The summed E-state index contributed by atoms with van der Waals surface area (Å²) in [5.41, 5.74) is 0.107. The van der Waals surface area contributed by atoms with Gasteiger partial charge in [0, 0.05) is 31.8 Å². The van der Waals surface area contributed by atoms with Gasteiger partial charge in [-0.2, -0.15) is 5.10 Å². The monoisotopic (exact) mass is 307 g/mol.